The number of aromatic nitrogens is 4. The zero-order valence-electron chi connectivity index (χ0n) is 12.0. The maximum Gasteiger partial charge on any atom is 0.137 e. The molecule has 6 heteroatoms. The van der Waals surface area contributed by atoms with Crippen LogP contribution in [0.1, 0.15) is 17.6 Å². The molecule has 2 N–H and O–H groups in total. The number of ether oxygens (including phenoxy) is 1. The summed E-state index contributed by atoms with van der Waals surface area (Å²) in [5.74, 6) is 1.59. The predicted octanol–water partition coefficient (Wildman–Crippen LogP) is 1.96. The topological polar surface area (TPSA) is 75.7 Å². The van der Waals surface area contributed by atoms with Crippen molar-refractivity contribution in [1.82, 2.24) is 25.3 Å². The van der Waals surface area contributed by atoms with Gasteiger partial charge in [0.2, 0.25) is 0 Å². The molecule has 0 amide bonds. The molecule has 3 heterocycles. The minimum Gasteiger partial charge on any atom is -0.491 e. The first kappa shape index (κ1) is 14.2. The maximum atomic E-state index is 5.63. The molecule has 0 fully saturated rings. The Morgan fingerprint density at radius 1 is 1.09 bits per heavy atom. The van der Waals surface area contributed by atoms with Gasteiger partial charge in [0.05, 0.1) is 11.9 Å². The van der Waals surface area contributed by atoms with Crippen molar-refractivity contribution in [2.75, 3.05) is 13.2 Å². The van der Waals surface area contributed by atoms with E-state index in [0.29, 0.717) is 13.2 Å². The van der Waals surface area contributed by atoms with Gasteiger partial charge in [-0.25, -0.2) is 4.98 Å². The van der Waals surface area contributed by atoms with E-state index in [1.807, 2.05) is 30.3 Å². The predicted molar refractivity (Wildman–Crippen MR) is 82.4 cm³/mol. The van der Waals surface area contributed by atoms with Gasteiger partial charge >= 0.3 is 0 Å². The Balaban J connectivity index is 1.59. The minimum atomic E-state index is -0.0892. The van der Waals surface area contributed by atoms with Gasteiger partial charge in [0.25, 0.3) is 0 Å². The van der Waals surface area contributed by atoms with Crippen LogP contribution >= 0.6 is 0 Å². The van der Waals surface area contributed by atoms with E-state index in [-0.39, 0.29) is 6.04 Å². The van der Waals surface area contributed by atoms with E-state index in [4.69, 9.17) is 4.74 Å². The molecule has 0 aliphatic carbocycles. The summed E-state index contributed by atoms with van der Waals surface area (Å²) in [4.78, 5) is 15.9. The number of rotatable bonds is 7. The first-order valence-electron chi connectivity index (χ1n) is 7.10. The van der Waals surface area contributed by atoms with E-state index in [2.05, 4.69) is 25.3 Å². The third-order valence-corrected chi connectivity index (χ3v) is 3.13. The summed E-state index contributed by atoms with van der Waals surface area (Å²) in [6, 6.07) is 9.48. The first-order chi connectivity index (χ1) is 10.9. The van der Waals surface area contributed by atoms with Crippen molar-refractivity contribution in [3.63, 3.8) is 0 Å². The fraction of sp³-hybridized carbons (Fsp3) is 0.188. The molecule has 0 aliphatic rings. The van der Waals surface area contributed by atoms with Crippen LogP contribution in [0.3, 0.4) is 0 Å². The van der Waals surface area contributed by atoms with Crippen molar-refractivity contribution < 1.29 is 4.74 Å². The maximum absolute atomic E-state index is 5.63. The molecule has 1 atom stereocenters. The highest BCUT2D eigenvalue weighted by Crippen LogP contribution is 2.16. The SMILES string of the molecule is c1ccc(C(NCCOc2cccnc2)c2ncc[nH]2)nc1. The average molecular weight is 295 g/mol. The normalized spacial score (nSPS) is 12.0. The molecule has 112 valence electrons. The summed E-state index contributed by atoms with van der Waals surface area (Å²) in [7, 11) is 0. The number of pyridine rings is 2. The lowest BCUT2D eigenvalue weighted by Gasteiger charge is -2.16. The number of H-pyrrole nitrogens is 1. The van der Waals surface area contributed by atoms with Gasteiger partial charge in [-0.1, -0.05) is 6.07 Å². The Bertz CT molecular complexity index is 658. The van der Waals surface area contributed by atoms with Crippen LogP contribution in [-0.4, -0.2) is 33.1 Å². The molecule has 0 bridgehead atoms. The zero-order valence-corrected chi connectivity index (χ0v) is 12.0. The van der Waals surface area contributed by atoms with Gasteiger partial charge < -0.3 is 9.72 Å². The van der Waals surface area contributed by atoms with Crippen LogP contribution in [0.5, 0.6) is 5.75 Å². The van der Waals surface area contributed by atoms with E-state index < -0.39 is 0 Å². The molecule has 0 aromatic carbocycles. The molecular formula is C16H17N5O. The lowest BCUT2D eigenvalue weighted by Crippen LogP contribution is -2.28. The standard InChI is InChI=1S/C16H17N5O/c1-2-7-18-14(5-1)15(16-20-8-9-21-16)19-10-11-22-13-4-3-6-17-12-13/h1-9,12,15,19H,10-11H2,(H,20,21). The van der Waals surface area contributed by atoms with Crippen LogP contribution in [0.4, 0.5) is 0 Å². The Labute approximate surface area is 128 Å². The quantitative estimate of drug-likeness (QED) is 0.652. The average Bonchev–Trinajstić information content (AvgIpc) is 3.11. The Morgan fingerprint density at radius 3 is 2.82 bits per heavy atom. The monoisotopic (exact) mass is 295 g/mol. The number of nitrogens with one attached hydrogen (secondary N) is 2. The van der Waals surface area contributed by atoms with Crippen LogP contribution in [0, 0.1) is 0 Å². The lowest BCUT2D eigenvalue weighted by atomic mass is 10.1. The summed E-state index contributed by atoms with van der Waals surface area (Å²) < 4.78 is 5.63. The molecular weight excluding hydrogens is 278 g/mol. The highest BCUT2D eigenvalue weighted by atomic mass is 16.5. The van der Waals surface area contributed by atoms with Gasteiger partial charge in [-0.3, -0.25) is 15.3 Å². The van der Waals surface area contributed by atoms with E-state index in [9.17, 15) is 0 Å². The fourth-order valence-corrected chi connectivity index (χ4v) is 2.13. The second-order valence-electron chi connectivity index (χ2n) is 4.65. The molecule has 0 saturated carbocycles. The first-order valence-corrected chi connectivity index (χ1v) is 7.10. The number of hydrogen-bond acceptors (Lipinski definition) is 5. The second kappa shape index (κ2) is 7.33. The van der Waals surface area contributed by atoms with Gasteiger partial charge in [0, 0.05) is 31.3 Å². The molecule has 3 aromatic rings. The number of nitrogens with zero attached hydrogens (tertiary/aromatic N) is 3. The summed E-state index contributed by atoms with van der Waals surface area (Å²) >= 11 is 0. The second-order valence-corrected chi connectivity index (χ2v) is 4.65. The van der Waals surface area contributed by atoms with Gasteiger partial charge in [-0.05, 0) is 24.3 Å². The summed E-state index contributed by atoms with van der Waals surface area (Å²) in [5, 5.41) is 3.41. The fourth-order valence-electron chi connectivity index (χ4n) is 2.13. The molecule has 0 aliphatic heterocycles. The molecule has 3 aromatic heterocycles. The van der Waals surface area contributed by atoms with Crippen molar-refractivity contribution in [1.29, 1.82) is 0 Å². The molecule has 3 rings (SSSR count). The number of aromatic amines is 1. The number of imidazole rings is 1. The Morgan fingerprint density at radius 2 is 2.09 bits per heavy atom. The van der Waals surface area contributed by atoms with Gasteiger partial charge in [-0.15, -0.1) is 0 Å². The molecule has 1 unspecified atom stereocenters. The van der Waals surface area contributed by atoms with Crippen molar-refractivity contribution in [2.45, 2.75) is 6.04 Å². The minimum absolute atomic E-state index is 0.0892. The lowest BCUT2D eigenvalue weighted by molar-refractivity contribution is 0.307. The van der Waals surface area contributed by atoms with Crippen LogP contribution in [0.2, 0.25) is 0 Å². The molecule has 6 nitrogen and oxygen atoms in total. The van der Waals surface area contributed by atoms with E-state index in [0.717, 1.165) is 17.3 Å². The summed E-state index contributed by atoms with van der Waals surface area (Å²) in [6.45, 7) is 1.20. The van der Waals surface area contributed by atoms with E-state index in [1.165, 1.54) is 0 Å². The molecule has 0 spiro atoms. The third-order valence-electron chi connectivity index (χ3n) is 3.13. The van der Waals surface area contributed by atoms with Crippen molar-refractivity contribution in [3.05, 3.63) is 72.8 Å². The van der Waals surface area contributed by atoms with Crippen molar-refractivity contribution >= 4 is 0 Å². The summed E-state index contributed by atoms with van der Waals surface area (Å²) in [5.41, 5.74) is 0.916. The van der Waals surface area contributed by atoms with E-state index in [1.54, 1.807) is 31.0 Å². The van der Waals surface area contributed by atoms with Crippen LogP contribution < -0.4 is 10.1 Å². The smallest absolute Gasteiger partial charge is 0.137 e. The van der Waals surface area contributed by atoms with Crippen LogP contribution in [0.15, 0.2) is 61.3 Å². The van der Waals surface area contributed by atoms with Gasteiger partial charge in [-0.2, -0.15) is 0 Å². The van der Waals surface area contributed by atoms with Gasteiger partial charge in [0.1, 0.15) is 24.2 Å². The van der Waals surface area contributed by atoms with Crippen molar-refractivity contribution in [3.8, 4) is 5.75 Å². The zero-order chi connectivity index (χ0) is 15.0. The highest BCUT2D eigenvalue weighted by Gasteiger charge is 2.16. The largest absolute Gasteiger partial charge is 0.491 e. The third kappa shape index (κ3) is 3.67. The molecule has 22 heavy (non-hydrogen) atoms. The molecule has 0 saturated heterocycles. The highest BCUT2D eigenvalue weighted by molar-refractivity contribution is 5.17. The van der Waals surface area contributed by atoms with Crippen molar-refractivity contribution in [2.24, 2.45) is 0 Å². The Kier molecular flexibility index (Phi) is 4.74. The number of hydrogen-bond donors (Lipinski definition) is 2. The van der Waals surface area contributed by atoms with Gasteiger partial charge in [0.15, 0.2) is 0 Å². The van der Waals surface area contributed by atoms with Crippen LogP contribution in [0.25, 0.3) is 0 Å². The molecule has 0 radical (unpaired) electrons. The summed E-state index contributed by atoms with van der Waals surface area (Å²) in [6.07, 6.45) is 8.74. The van der Waals surface area contributed by atoms with E-state index >= 15 is 0 Å². The Hall–Kier alpha value is -2.73. The van der Waals surface area contributed by atoms with Crippen LogP contribution in [-0.2, 0) is 0 Å².